The van der Waals surface area contributed by atoms with E-state index in [2.05, 4.69) is 0 Å². The molecule has 1 saturated heterocycles. The third-order valence-corrected chi connectivity index (χ3v) is 4.58. The number of rotatable bonds is 5. The minimum Gasteiger partial charge on any atom is -0.366 e. The van der Waals surface area contributed by atoms with E-state index >= 15 is 0 Å². The van der Waals surface area contributed by atoms with Crippen LogP contribution in [0, 0.1) is 5.92 Å². The second-order valence-corrected chi connectivity index (χ2v) is 6.57. The van der Waals surface area contributed by atoms with Crippen molar-refractivity contribution in [2.24, 2.45) is 11.7 Å². The summed E-state index contributed by atoms with van der Waals surface area (Å²) in [5, 5.41) is 3.62. The van der Waals surface area contributed by atoms with Crippen molar-refractivity contribution in [3.63, 3.8) is 0 Å². The first-order chi connectivity index (χ1) is 10.7. The highest BCUT2D eigenvalue weighted by Crippen LogP contribution is 2.22. The van der Waals surface area contributed by atoms with Crippen LogP contribution in [0.2, 0.25) is 0 Å². The first-order valence-electron chi connectivity index (χ1n) is 7.18. The zero-order valence-corrected chi connectivity index (χ0v) is 13.2. The molecule has 0 unspecified atom stereocenters. The molecule has 1 aliphatic heterocycles. The van der Waals surface area contributed by atoms with Crippen LogP contribution < -0.4 is 11.1 Å². The minimum absolute atomic E-state index is 0.410. The number of primary amides is 1. The molecule has 2 amide bonds. The van der Waals surface area contributed by atoms with E-state index < -0.39 is 30.5 Å². The molecule has 0 aliphatic carbocycles. The quantitative estimate of drug-likeness (QED) is 0.850. The first kappa shape index (κ1) is 17.7. The number of thiophene rings is 1. The highest BCUT2D eigenvalue weighted by molar-refractivity contribution is 7.10. The van der Waals surface area contributed by atoms with Gasteiger partial charge in [0.05, 0.1) is 11.5 Å². The summed E-state index contributed by atoms with van der Waals surface area (Å²) >= 11 is 1.40. The van der Waals surface area contributed by atoms with Gasteiger partial charge < -0.3 is 11.1 Å². The Bertz CT molecular complexity index is 574. The van der Waals surface area contributed by atoms with Crippen LogP contribution in [0.3, 0.4) is 0 Å². The highest BCUT2D eigenvalue weighted by Gasteiger charge is 2.31. The fraction of sp³-hybridized carbons (Fsp3) is 0.571. The molecular weight excluding hydrogens is 331 g/mol. The van der Waals surface area contributed by atoms with Crippen molar-refractivity contribution < 1.29 is 22.8 Å². The molecule has 1 fully saturated rings. The van der Waals surface area contributed by atoms with Gasteiger partial charge in [0.15, 0.2) is 0 Å². The van der Waals surface area contributed by atoms with E-state index in [-0.39, 0.29) is 0 Å². The van der Waals surface area contributed by atoms with Gasteiger partial charge in [0.25, 0.3) is 0 Å². The number of nitrogens with two attached hydrogens (primary N) is 1. The molecular formula is C14H18F3N3O2S. The van der Waals surface area contributed by atoms with Gasteiger partial charge in [0, 0.05) is 23.3 Å². The maximum absolute atomic E-state index is 12.2. The van der Waals surface area contributed by atoms with Crippen molar-refractivity contribution in [2.75, 3.05) is 19.6 Å². The number of alkyl halides is 3. The van der Waals surface area contributed by atoms with E-state index in [1.54, 1.807) is 11.4 Å². The van der Waals surface area contributed by atoms with Gasteiger partial charge in [0.2, 0.25) is 11.8 Å². The Morgan fingerprint density at radius 2 is 2.17 bits per heavy atom. The fourth-order valence-corrected chi connectivity index (χ4v) is 3.47. The van der Waals surface area contributed by atoms with E-state index in [0.29, 0.717) is 25.1 Å². The highest BCUT2D eigenvalue weighted by atomic mass is 32.1. The van der Waals surface area contributed by atoms with Gasteiger partial charge in [-0.2, -0.15) is 13.2 Å². The summed E-state index contributed by atoms with van der Waals surface area (Å²) in [5.41, 5.74) is 5.65. The van der Waals surface area contributed by atoms with Crippen molar-refractivity contribution in [3.8, 4) is 0 Å². The molecule has 128 valence electrons. The normalized spacial score (nSPS) is 19.5. The van der Waals surface area contributed by atoms with E-state index in [0.717, 1.165) is 17.8 Å². The predicted octanol–water partition coefficient (Wildman–Crippen LogP) is 1.74. The number of nitrogens with one attached hydrogen (secondary N) is 1. The fourth-order valence-electron chi connectivity index (χ4n) is 2.56. The molecule has 0 aromatic carbocycles. The Hall–Kier alpha value is -1.61. The monoisotopic (exact) mass is 349 g/mol. The van der Waals surface area contributed by atoms with Crippen LogP contribution in [0.15, 0.2) is 11.4 Å². The van der Waals surface area contributed by atoms with Crippen LogP contribution >= 0.6 is 11.3 Å². The lowest BCUT2D eigenvalue weighted by Crippen LogP contribution is -2.44. The largest absolute Gasteiger partial charge is 0.405 e. The van der Waals surface area contributed by atoms with Crippen LogP contribution in [-0.2, 0) is 11.3 Å². The molecule has 23 heavy (non-hydrogen) atoms. The van der Waals surface area contributed by atoms with Crippen molar-refractivity contribution in [3.05, 3.63) is 21.9 Å². The molecule has 1 aromatic rings. The zero-order valence-electron chi connectivity index (χ0n) is 12.4. The van der Waals surface area contributed by atoms with E-state index in [4.69, 9.17) is 5.73 Å². The molecule has 0 saturated carbocycles. The van der Waals surface area contributed by atoms with Crippen LogP contribution in [0.25, 0.3) is 0 Å². The number of carbonyl (C=O) groups is 2. The number of hydrogen-bond acceptors (Lipinski definition) is 4. The standard InChI is InChI=1S/C14H18F3N3O2S/c15-14(16,17)8-19-13(22)9-2-1-3-20(5-9)6-11-4-10(7-23-11)12(18)21/h4,7,9H,1-3,5-6,8H2,(H2,18,21)(H,19,22)/t9-/m1/s1. The number of hydrogen-bond donors (Lipinski definition) is 2. The number of carbonyl (C=O) groups excluding carboxylic acids is 2. The number of halogens is 3. The Balaban J connectivity index is 1.87. The third kappa shape index (κ3) is 5.51. The molecule has 3 N–H and O–H groups in total. The lowest BCUT2D eigenvalue weighted by atomic mass is 9.97. The smallest absolute Gasteiger partial charge is 0.366 e. The number of nitrogens with zero attached hydrogens (tertiary/aromatic N) is 1. The maximum Gasteiger partial charge on any atom is 0.405 e. The van der Waals surface area contributed by atoms with Gasteiger partial charge in [-0.05, 0) is 25.5 Å². The lowest BCUT2D eigenvalue weighted by Gasteiger charge is -2.31. The molecule has 5 nitrogen and oxygen atoms in total. The van der Waals surface area contributed by atoms with Gasteiger partial charge in [-0.15, -0.1) is 11.3 Å². The van der Waals surface area contributed by atoms with Gasteiger partial charge in [-0.1, -0.05) is 0 Å². The molecule has 1 aromatic heterocycles. The third-order valence-electron chi connectivity index (χ3n) is 3.66. The van der Waals surface area contributed by atoms with Crippen LogP contribution in [0.4, 0.5) is 13.2 Å². The van der Waals surface area contributed by atoms with E-state index in [9.17, 15) is 22.8 Å². The number of piperidine rings is 1. The molecule has 0 bridgehead atoms. The van der Waals surface area contributed by atoms with Crippen LogP contribution in [0.1, 0.15) is 28.1 Å². The van der Waals surface area contributed by atoms with Crippen LogP contribution in [-0.4, -0.2) is 42.5 Å². The Morgan fingerprint density at radius 3 is 2.78 bits per heavy atom. The predicted molar refractivity (Wildman–Crippen MR) is 79.9 cm³/mol. The van der Waals surface area contributed by atoms with E-state index in [1.807, 2.05) is 10.2 Å². The van der Waals surface area contributed by atoms with Gasteiger partial charge >= 0.3 is 6.18 Å². The van der Waals surface area contributed by atoms with Crippen molar-refractivity contribution >= 4 is 23.2 Å². The summed E-state index contributed by atoms with van der Waals surface area (Å²) in [4.78, 5) is 25.9. The summed E-state index contributed by atoms with van der Waals surface area (Å²) in [6.45, 7) is 0.441. The van der Waals surface area contributed by atoms with Gasteiger partial charge in [-0.25, -0.2) is 0 Å². The maximum atomic E-state index is 12.2. The van der Waals surface area contributed by atoms with Crippen molar-refractivity contribution in [1.29, 1.82) is 0 Å². The average Bonchev–Trinajstić information content (AvgIpc) is 2.93. The summed E-state index contributed by atoms with van der Waals surface area (Å²) < 4.78 is 36.5. The van der Waals surface area contributed by atoms with Crippen molar-refractivity contribution in [1.82, 2.24) is 10.2 Å². The van der Waals surface area contributed by atoms with Crippen LogP contribution in [0.5, 0.6) is 0 Å². The zero-order chi connectivity index (χ0) is 17.0. The first-order valence-corrected chi connectivity index (χ1v) is 8.06. The summed E-state index contributed by atoms with van der Waals surface area (Å²) in [5.74, 6) is -1.49. The second-order valence-electron chi connectivity index (χ2n) is 5.57. The molecule has 9 heteroatoms. The second kappa shape index (κ2) is 7.31. The number of amides is 2. The molecule has 2 rings (SSSR count). The summed E-state index contributed by atoms with van der Waals surface area (Å²) in [6, 6.07) is 1.71. The Morgan fingerprint density at radius 1 is 1.43 bits per heavy atom. The average molecular weight is 349 g/mol. The molecule has 1 atom stereocenters. The molecule has 1 aliphatic rings. The van der Waals surface area contributed by atoms with Crippen molar-refractivity contribution in [2.45, 2.75) is 25.6 Å². The molecule has 0 radical (unpaired) electrons. The lowest BCUT2D eigenvalue weighted by molar-refractivity contribution is -0.141. The van der Waals surface area contributed by atoms with Gasteiger partial charge in [-0.3, -0.25) is 14.5 Å². The molecule has 2 heterocycles. The minimum atomic E-state index is -4.40. The summed E-state index contributed by atoms with van der Waals surface area (Å²) in [6.07, 6.45) is -3.07. The number of likely N-dealkylation sites (tertiary alicyclic amines) is 1. The summed E-state index contributed by atoms with van der Waals surface area (Å²) in [7, 11) is 0. The van der Waals surface area contributed by atoms with Gasteiger partial charge in [0.1, 0.15) is 6.54 Å². The SMILES string of the molecule is NC(=O)c1csc(CN2CCC[C@@H](C(=O)NCC(F)(F)F)C2)c1. The topological polar surface area (TPSA) is 75.4 Å². The molecule has 0 spiro atoms. The van der Waals surface area contributed by atoms with E-state index in [1.165, 1.54) is 11.3 Å². The Labute approximate surface area is 135 Å². The Kier molecular flexibility index (Phi) is 5.64.